The van der Waals surface area contributed by atoms with Crippen LogP contribution in [-0.4, -0.2) is 37.3 Å². The first-order chi connectivity index (χ1) is 14.2. The van der Waals surface area contributed by atoms with Gasteiger partial charge in [0.15, 0.2) is 5.82 Å². The molecule has 0 aliphatic heterocycles. The van der Waals surface area contributed by atoms with Crippen molar-refractivity contribution in [1.82, 2.24) is 24.8 Å². The molecule has 0 bridgehead atoms. The largest absolute Gasteiger partial charge is 0.476 e. The summed E-state index contributed by atoms with van der Waals surface area (Å²) in [6.45, 7) is 9.10. The SMILES string of the molecule is CCOc1c(N=Nc2n[nH]c(C(C)(C)C)c2C#N)c(=O)[nH]c2cc(NC(C)=O)nn12. The quantitative estimate of drug-likeness (QED) is 0.546. The Balaban J connectivity index is 2.12. The van der Waals surface area contributed by atoms with Crippen molar-refractivity contribution >= 4 is 28.9 Å². The lowest BCUT2D eigenvalue weighted by atomic mass is 9.90. The van der Waals surface area contributed by atoms with Crippen molar-refractivity contribution in [2.45, 2.75) is 40.0 Å². The minimum atomic E-state index is -0.575. The van der Waals surface area contributed by atoms with Crippen LogP contribution in [0.25, 0.3) is 5.65 Å². The highest BCUT2D eigenvalue weighted by Crippen LogP contribution is 2.31. The van der Waals surface area contributed by atoms with Gasteiger partial charge >= 0.3 is 0 Å². The van der Waals surface area contributed by atoms with Crippen LogP contribution in [0.15, 0.2) is 21.1 Å². The van der Waals surface area contributed by atoms with E-state index < -0.39 is 5.56 Å². The number of aromatic nitrogens is 5. The normalized spacial score (nSPS) is 11.7. The van der Waals surface area contributed by atoms with E-state index in [4.69, 9.17) is 4.74 Å². The van der Waals surface area contributed by atoms with Crippen LogP contribution in [0.5, 0.6) is 5.88 Å². The Morgan fingerprint density at radius 3 is 2.73 bits per heavy atom. The highest BCUT2D eigenvalue weighted by molar-refractivity contribution is 5.88. The van der Waals surface area contributed by atoms with Gasteiger partial charge in [0.25, 0.3) is 11.4 Å². The fourth-order valence-corrected chi connectivity index (χ4v) is 2.74. The summed E-state index contributed by atoms with van der Waals surface area (Å²) in [5.74, 6) is 0.0309. The number of nitrogens with one attached hydrogen (secondary N) is 3. The third kappa shape index (κ3) is 3.90. The van der Waals surface area contributed by atoms with Crippen LogP contribution in [-0.2, 0) is 10.2 Å². The number of rotatable bonds is 5. The number of H-pyrrole nitrogens is 2. The number of hydrogen-bond donors (Lipinski definition) is 3. The lowest BCUT2D eigenvalue weighted by Gasteiger charge is -2.15. The molecular weight excluding hydrogens is 390 g/mol. The van der Waals surface area contributed by atoms with Crippen LogP contribution in [0, 0.1) is 11.3 Å². The van der Waals surface area contributed by atoms with Crippen LogP contribution in [0.4, 0.5) is 17.3 Å². The van der Waals surface area contributed by atoms with Crippen molar-refractivity contribution in [2.75, 3.05) is 11.9 Å². The number of aromatic amines is 2. The van der Waals surface area contributed by atoms with E-state index in [1.165, 1.54) is 17.5 Å². The maximum atomic E-state index is 12.6. The van der Waals surface area contributed by atoms with Crippen LogP contribution in [0.2, 0.25) is 0 Å². The summed E-state index contributed by atoms with van der Waals surface area (Å²) in [6.07, 6.45) is 0. The summed E-state index contributed by atoms with van der Waals surface area (Å²) >= 11 is 0. The van der Waals surface area contributed by atoms with Crippen molar-refractivity contribution in [3.05, 3.63) is 27.7 Å². The van der Waals surface area contributed by atoms with Gasteiger partial charge < -0.3 is 15.0 Å². The number of nitrogens with zero attached hydrogens (tertiary/aromatic N) is 6. The molecule has 0 saturated carbocycles. The number of anilines is 1. The molecule has 0 aromatic carbocycles. The molecule has 0 fully saturated rings. The first-order valence-electron chi connectivity index (χ1n) is 9.12. The number of carbonyl (C=O) groups excluding carboxylic acids is 1. The average Bonchev–Trinajstić information content (AvgIpc) is 3.23. The number of hydrogen-bond acceptors (Lipinski definition) is 8. The van der Waals surface area contributed by atoms with Gasteiger partial charge in [0.1, 0.15) is 17.3 Å². The van der Waals surface area contributed by atoms with E-state index in [1.54, 1.807) is 6.92 Å². The Kier molecular flexibility index (Phi) is 5.37. The second-order valence-electron chi connectivity index (χ2n) is 7.41. The summed E-state index contributed by atoms with van der Waals surface area (Å²) in [5, 5.41) is 31.1. The molecule has 3 N–H and O–H groups in total. The molecule has 0 aliphatic rings. The Morgan fingerprint density at radius 1 is 1.40 bits per heavy atom. The first kappa shape index (κ1) is 20.7. The first-order valence-corrected chi connectivity index (χ1v) is 9.12. The van der Waals surface area contributed by atoms with E-state index in [1.807, 2.05) is 20.8 Å². The lowest BCUT2D eigenvalue weighted by Crippen LogP contribution is -2.13. The van der Waals surface area contributed by atoms with Gasteiger partial charge in [-0.2, -0.15) is 14.9 Å². The molecule has 0 spiro atoms. The molecule has 3 heterocycles. The predicted molar refractivity (Wildman–Crippen MR) is 107 cm³/mol. The Labute approximate surface area is 171 Å². The third-order valence-corrected chi connectivity index (χ3v) is 4.00. The van der Waals surface area contributed by atoms with Crippen molar-refractivity contribution in [2.24, 2.45) is 10.2 Å². The molecule has 0 saturated heterocycles. The second-order valence-corrected chi connectivity index (χ2v) is 7.41. The molecule has 30 heavy (non-hydrogen) atoms. The number of nitriles is 1. The predicted octanol–water partition coefficient (Wildman–Crippen LogP) is 2.69. The number of amides is 1. The van der Waals surface area contributed by atoms with Gasteiger partial charge in [0, 0.05) is 18.4 Å². The molecular formula is C18H21N9O3. The molecule has 3 aromatic rings. The highest BCUT2D eigenvalue weighted by Gasteiger charge is 2.24. The van der Waals surface area contributed by atoms with Gasteiger partial charge in [-0.25, -0.2) is 0 Å². The van der Waals surface area contributed by atoms with Crippen LogP contribution in [0.1, 0.15) is 45.9 Å². The third-order valence-electron chi connectivity index (χ3n) is 4.00. The molecule has 1 amide bonds. The smallest absolute Gasteiger partial charge is 0.283 e. The molecule has 0 aliphatic carbocycles. The number of ether oxygens (including phenoxy) is 1. The topological polar surface area (TPSA) is 166 Å². The van der Waals surface area contributed by atoms with Gasteiger partial charge in [0.05, 0.1) is 12.3 Å². The maximum absolute atomic E-state index is 12.6. The molecule has 0 unspecified atom stereocenters. The zero-order valence-electron chi connectivity index (χ0n) is 17.2. The zero-order chi connectivity index (χ0) is 22.1. The zero-order valence-corrected chi connectivity index (χ0v) is 17.2. The van der Waals surface area contributed by atoms with E-state index in [0.29, 0.717) is 11.3 Å². The minimum Gasteiger partial charge on any atom is -0.476 e. The summed E-state index contributed by atoms with van der Waals surface area (Å²) in [7, 11) is 0. The molecule has 0 atom stereocenters. The van der Waals surface area contributed by atoms with Crippen molar-refractivity contribution in [1.29, 1.82) is 5.26 Å². The van der Waals surface area contributed by atoms with Crippen molar-refractivity contribution in [3.63, 3.8) is 0 Å². The monoisotopic (exact) mass is 411 g/mol. The Hall–Kier alpha value is -4.01. The second kappa shape index (κ2) is 7.78. The lowest BCUT2D eigenvalue weighted by molar-refractivity contribution is -0.114. The molecule has 3 aromatic heterocycles. The van der Waals surface area contributed by atoms with E-state index in [9.17, 15) is 14.9 Å². The molecule has 3 rings (SSSR count). The minimum absolute atomic E-state index is 0.0432. The number of carbonyl (C=O) groups is 1. The maximum Gasteiger partial charge on any atom is 0.283 e. The average molecular weight is 411 g/mol. The van der Waals surface area contributed by atoms with E-state index in [0.717, 1.165) is 0 Å². The van der Waals surface area contributed by atoms with Gasteiger partial charge in [-0.3, -0.25) is 14.7 Å². The standard InChI is InChI=1S/C18H21N9O3/c1-6-30-17-13(16(29)21-12-7-11(20-9(2)28)26-27(12)17)22-24-15-10(8-19)14(23-25-15)18(3,4)5/h7H,6H2,1-5H3,(H,21,29)(H,23,25)(H,20,26,28). The summed E-state index contributed by atoms with van der Waals surface area (Å²) < 4.78 is 6.88. The van der Waals surface area contributed by atoms with E-state index in [2.05, 4.69) is 41.9 Å². The summed E-state index contributed by atoms with van der Waals surface area (Å²) in [5.41, 5.74) is 0.0845. The van der Waals surface area contributed by atoms with Crippen LogP contribution >= 0.6 is 0 Å². The number of fused-ring (bicyclic) bond motifs is 1. The Bertz CT molecular complexity index is 1230. The fraction of sp³-hybridized carbons (Fsp3) is 0.389. The molecule has 12 nitrogen and oxygen atoms in total. The summed E-state index contributed by atoms with van der Waals surface area (Å²) in [4.78, 5) is 26.5. The molecule has 12 heteroatoms. The highest BCUT2D eigenvalue weighted by atomic mass is 16.5. The summed E-state index contributed by atoms with van der Waals surface area (Å²) in [6, 6.07) is 3.56. The van der Waals surface area contributed by atoms with E-state index in [-0.39, 0.29) is 46.7 Å². The van der Waals surface area contributed by atoms with Gasteiger partial charge in [-0.1, -0.05) is 20.8 Å². The fourth-order valence-electron chi connectivity index (χ4n) is 2.74. The van der Waals surface area contributed by atoms with Crippen molar-refractivity contribution < 1.29 is 9.53 Å². The van der Waals surface area contributed by atoms with Gasteiger partial charge in [-0.05, 0) is 6.92 Å². The van der Waals surface area contributed by atoms with Crippen LogP contribution < -0.4 is 15.6 Å². The van der Waals surface area contributed by atoms with Crippen LogP contribution in [0.3, 0.4) is 0 Å². The number of azo groups is 1. The molecule has 0 radical (unpaired) electrons. The van der Waals surface area contributed by atoms with E-state index >= 15 is 0 Å². The van der Waals surface area contributed by atoms with Crippen molar-refractivity contribution in [3.8, 4) is 11.9 Å². The van der Waals surface area contributed by atoms with Gasteiger partial charge in [-0.15, -0.1) is 15.3 Å². The molecule has 156 valence electrons. The van der Waals surface area contributed by atoms with Gasteiger partial charge in [0.2, 0.25) is 17.4 Å². The Morgan fingerprint density at radius 2 is 2.13 bits per heavy atom.